The van der Waals surface area contributed by atoms with E-state index in [0.717, 1.165) is 19.4 Å². The first-order valence-corrected chi connectivity index (χ1v) is 5.09. The van der Waals surface area contributed by atoms with Crippen molar-refractivity contribution in [2.45, 2.75) is 18.9 Å². The number of carbonyl (C=O) groups excluding carboxylic acids is 1. The molecular formula is C11H14N2O2. The van der Waals surface area contributed by atoms with Crippen LogP contribution in [0.2, 0.25) is 0 Å². The second-order valence-electron chi connectivity index (χ2n) is 3.57. The number of carbonyl (C=O) groups is 1. The number of hydrogen-bond acceptors (Lipinski definition) is 4. The number of Topliss-reactive ketones (excluding diaryl/α,β-unsaturated/α-hetero) is 1. The minimum absolute atomic E-state index is 0.0324. The molecule has 80 valence electrons. The summed E-state index contributed by atoms with van der Waals surface area (Å²) in [6.45, 7) is 0.908. The summed E-state index contributed by atoms with van der Waals surface area (Å²) in [5, 5.41) is 3.16. The average molecular weight is 206 g/mol. The summed E-state index contributed by atoms with van der Waals surface area (Å²) in [5.41, 5.74) is 0.430. The fraction of sp³-hybridized carbons (Fsp3) is 0.455. The minimum atomic E-state index is -0.0891. The third-order valence-electron chi connectivity index (χ3n) is 2.60. The number of rotatable bonds is 3. The number of pyridine rings is 1. The molecule has 1 unspecified atom stereocenters. The summed E-state index contributed by atoms with van der Waals surface area (Å²) >= 11 is 0. The topological polar surface area (TPSA) is 51.2 Å². The van der Waals surface area contributed by atoms with Gasteiger partial charge in [0.2, 0.25) is 5.78 Å². The summed E-state index contributed by atoms with van der Waals surface area (Å²) in [6, 6.07) is 3.43. The molecule has 15 heavy (non-hydrogen) atoms. The van der Waals surface area contributed by atoms with Crippen molar-refractivity contribution in [3.63, 3.8) is 0 Å². The molecule has 4 nitrogen and oxygen atoms in total. The predicted octanol–water partition coefficient (Wildman–Crippen LogP) is 1.02. The summed E-state index contributed by atoms with van der Waals surface area (Å²) < 4.78 is 5.11. The van der Waals surface area contributed by atoms with E-state index >= 15 is 0 Å². The van der Waals surface area contributed by atoms with Crippen LogP contribution in [0.1, 0.15) is 23.3 Å². The number of ketones is 1. The lowest BCUT2D eigenvalue weighted by molar-refractivity contribution is 0.0944. The smallest absolute Gasteiger partial charge is 0.201 e. The SMILES string of the molecule is COc1cccnc1C(=O)C1CCCN1. The molecule has 1 aromatic rings. The molecule has 0 amide bonds. The third kappa shape index (κ3) is 1.99. The molecule has 0 bridgehead atoms. The highest BCUT2D eigenvalue weighted by atomic mass is 16.5. The van der Waals surface area contributed by atoms with Gasteiger partial charge in [-0.05, 0) is 31.5 Å². The normalized spacial score (nSPS) is 20.2. The van der Waals surface area contributed by atoms with E-state index in [4.69, 9.17) is 4.74 Å². The molecule has 2 rings (SSSR count). The van der Waals surface area contributed by atoms with Crippen molar-refractivity contribution in [2.75, 3.05) is 13.7 Å². The molecule has 1 N–H and O–H groups in total. The zero-order chi connectivity index (χ0) is 10.7. The zero-order valence-electron chi connectivity index (χ0n) is 8.69. The van der Waals surface area contributed by atoms with E-state index in [1.807, 2.05) is 0 Å². The fourth-order valence-corrected chi connectivity index (χ4v) is 1.81. The zero-order valence-corrected chi connectivity index (χ0v) is 8.69. The van der Waals surface area contributed by atoms with Gasteiger partial charge in [-0.2, -0.15) is 0 Å². The highest BCUT2D eigenvalue weighted by Gasteiger charge is 2.26. The van der Waals surface area contributed by atoms with Crippen molar-refractivity contribution < 1.29 is 9.53 Å². The molecule has 1 aromatic heterocycles. The van der Waals surface area contributed by atoms with Gasteiger partial charge in [-0.15, -0.1) is 0 Å². The van der Waals surface area contributed by atoms with E-state index in [-0.39, 0.29) is 11.8 Å². The Morgan fingerprint density at radius 1 is 1.67 bits per heavy atom. The molecule has 1 aliphatic heterocycles. The molecule has 0 spiro atoms. The third-order valence-corrected chi connectivity index (χ3v) is 2.60. The lowest BCUT2D eigenvalue weighted by Crippen LogP contribution is -2.31. The Balaban J connectivity index is 2.24. The fourth-order valence-electron chi connectivity index (χ4n) is 1.81. The van der Waals surface area contributed by atoms with E-state index in [0.29, 0.717) is 11.4 Å². The average Bonchev–Trinajstić information content (AvgIpc) is 2.81. The van der Waals surface area contributed by atoms with Gasteiger partial charge < -0.3 is 10.1 Å². The predicted molar refractivity (Wildman–Crippen MR) is 56.1 cm³/mol. The highest BCUT2D eigenvalue weighted by Crippen LogP contribution is 2.19. The van der Waals surface area contributed by atoms with Crippen LogP contribution in [-0.4, -0.2) is 30.5 Å². The Kier molecular flexibility index (Phi) is 2.97. The molecule has 0 aromatic carbocycles. The van der Waals surface area contributed by atoms with E-state index in [9.17, 15) is 4.79 Å². The van der Waals surface area contributed by atoms with Crippen LogP contribution in [0.15, 0.2) is 18.3 Å². The first kappa shape index (κ1) is 10.1. The van der Waals surface area contributed by atoms with Gasteiger partial charge in [0, 0.05) is 6.20 Å². The van der Waals surface area contributed by atoms with Crippen molar-refractivity contribution in [1.29, 1.82) is 0 Å². The van der Waals surface area contributed by atoms with E-state index in [1.54, 1.807) is 25.4 Å². The van der Waals surface area contributed by atoms with Gasteiger partial charge in [-0.25, -0.2) is 4.98 Å². The molecule has 1 aliphatic rings. The molecule has 0 aliphatic carbocycles. The molecule has 4 heteroatoms. The summed E-state index contributed by atoms with van der Waals surface area (Å²) in [7, 11) is 1.55. The van der Waals surface area contributed by atoms with Crippen LogP contribution >= 0.6 is 0 Å². The number of nitrogens with zero attached hydrogens (tertiary/aromatic N) is 1. The maximum absolute atomic E-state index is 12.0. The molecule has 1 saturated heterocycles. The van der Waals surface area contributed by atoms with Crippen molar-refractivity contribution in [2.24, 2.45) is 0 Å². The highest BCUT2D eigenvalue weighted by molar-refractivity contribution is 6.00. The van der Waals surface area contributed by atoms with Crippen molar-refractivity contribution >= 4 is 5.78 Å². The molecular weight excluding hydrogens is 192 g/mol. The lowest BCUT2D eigenvalue weighted by Gasteiger charge is -2.10. The van der Waals surface area contributed by atoms with Crippen LogP contribution in [0.4, 0.5) is 0 Å². The Morgan fingerprint density at radius 3 is 3.20 bits per heavy atom. The monoisotopic (exact) mass is 206 g/mol. The number of ether oxygens (including phenoxy) is 1. The standard InChI is InChI=1S/C11H14N2O2/c1-15-9-5-3-7-13-10(9)11(14)8-4-2-6-12-8/h3,5,7-8,12H,2,4,6H2,1H3. The Morgan fingerprint density at radius 2 is 2.53 bits per heavy atom. The maximum atomic E-state index is 12.0. The van der Waals surface area contributed by atoms with Crippen LogP contribution in [-0.2, 0) is 0 Å². The van der Waals surface area contributed by atoms with Crippen LogP contribution in [0.3, 0.4) is 0 Å². The number of hydrogen-bond donors (Lipinski definition) is 1. The number of aromatic nitrogens is 1. The first-order chi connectivity index (χ1) is 7.33. The largest absolute Gasteiger partial charge is 0.494 e. The van der Waals surface area contributed by atoms with Crippen LogP contribution < -0.4 is 10.1 Å². The van der Waals surface area contributed by atoms with E-state index in [2.05, 4.69) is 10.3 Å². The Bertz CT molecular complexity index is 359. The Labute approximate surface area is 88.7 Å². The molecule has 2 heterocycles. The first-order valence-electron chi connectivity index (χ1n) is 5.09. The van der Waals surface area contributed by atoms with Gasteiger partial charge in [-0.1, -0.05) is 0 Å². The number of nitrogens with one attached hydrogen (secondary N) is 1. The Hall–Kier alpha value is -1.42. The van der Waals surface area contributed by atoms with Gasteiger partial charge in [0.25, 0.3) is 0 Å². The van der Waals surface area contributed by atoms with Crippen LogP contribution in [0, 0.1) is 0 Å². The second kappa shape index (κ2) is 4.40. The van der Waals surface area contributed by atoms with Crippen molar-refractivity contribution in [1.82, 2.24) is 10.3 Å². The van der Waals surface area contributed by atoms with Crippen molar-refractivity contribution in [3.05, 3.63) is 24.0 Å². The molecule has 1 fully saturated rings. The van der Waals surface area contributed by atoms with Crippen molar-refractivity contribution in [3.8, 4) is 5.75 Å². The van der Waals surface area contributed by atoms with Gasteiger partial charge >= 0.3 is 0 Å². The second-order valence-corrected chi connectivity index (χ2v) is 3.57. The van der Waals surface area contributed by atoms with Gasteiger partial charge in [-0.3, -0.25) is 4.79 Å². The number of methoxy groups -OCH3 is 1. The van der Waals surface area contributed by atoms with Gasteiger partial charge in [0.05, 0.1) is 13.2 Å². The maximum Gasteiger partial charge on any atom is 0.201 e. The van der Waals surface area contributed by atoms with Gasteiger partial charge in [0.1, 0.15) is 11.4 Å². The quantitative estimate of drug-likeness (QED) is 0.750. The van der Waals surface area contributed by atoms with Gasteiger partial charge in [0.15, 0.2) is 0 Å². The lowest BCUT2D eigenvalue weighted by atomic mass is 10.1. The van der Waals surface area contributed by atoms with Crippen LogP contribution in [0.5, 0.6) is 5.75 Å². The summed E-state index contributed by atoms with van der Waals surface area (Å²) in [6.07, 6.45) is 3.55. The summed E-state index contributed by atoms with van der Waals surface area (Å²) in [4.78, 5) is 16.1. The molecule has 1 atom stereocenters. The molecule has 0 radical (unpaired) electrons. The minimum Gasteiger partial charge on any atom is -0.494 e. The summed E-state index contributed by atoms with van der Waals surface area (Å²) in [5.74, 6) is 0.584. The van der Waals surface area contributed by atoms with Crippen LogP contribution in [0.25, 0.3) is 0 Å². The van der Waals surface area contributed by atoms with E-state index in [1.165, 1.54) is 0 Å². The molecule has 0 saturated carbocycles. The van der Waals surface area contributed by atoms with E-state index < -0.39 is 0 Å².